The molecule has 2 aromatic carbocycles. The van der Waals surface area contributed by atoms with Gasteiger partial charge in [0.15, 0.2) is 0 Å². The van der Waals surface area contributed by atoms with Crippen LogP contribution < -0.4 is 10.0 Å². The van der Waals surface area contributed by atoms with E-state index in [9.17, 15) is 13.2 Å². The van der Waals surface area contributed by atoms with E-state index in [-0.39, 0.29) is 16.8 Å². The number of sulfonamides is 1. The lowest BCUT2D eigenvalue weighted by molar-refractivity contribution is 0.0939. The van der Waals surface area contributed by atoms with Crippen LogP contribution in [0.1, 0.15) is 41.3 Å². The van der Waals surface area contributed by atoms with Crippen LogP contribution in [0.25, 0.3) is 0 Å². The first-order valence-corrected chi connectivity index (χ1v) is 11.4. The monoisotopic (exact) mass is 415 g/mol. The Kier molecular flexibility index (Phi) is 6.29. The fourth-order valence-electron chi connectivity index (χ4n) is 3.13. The lowest BCUT2D eigenvalue weighted by Gasteiger charge is -2.24. The van der Waals surface area contributed by atoms with Crippen molar-refractivity contribution in [2.45, 2.75) is 50.6 Å². The van der Waals surface area contributed by atoms with Gasteiger partial charge < -0.3 is 5.32 Å². The first-order chi connectivity index (χ1) is 13.7. The third kappa shape index (κ3) is 5.36. The average molecular weight is 416 g/mol. The molecule has 0 bridgehead atoms. The van der Waals surface area contributed by atoms with Crippen LogP contribution in [0.15, 0.2) is 47.4 Å². The van der Waals surface area contributed by atoms with E-state index in [1.165, 1.54) is 25.0 Å². The molecule has 1 atom stereocenters. The first-order valence-electron chi connectivity index (χ1n) is 9.87. The van der Waals surface area contributed by atoms with Crippen molar-refractivity contribution in [3.05, 3.63) is 59.2 Å². The Morgan fingerprint density at radius 1 is 1.10 bits per heavy atom. The summed E-state index contributed by atoms with van der Waals surface area (Å²) < 4.78 is 27.8. The van der Waals surface area contributed by atoms with Crippen molar-refractivity contribution in [2.24, 2.45) is 0 Å². The zero-order chi connectivity index (χ0) is 21.2. The normalized spacial score (nSPS) is 15.2. The fourth-order valence-corrected chi connectivity index (χ4v) is 4.18. The summed E-state index contributed by atoms with van der Waals surface area (Å²) in [4.78, 5) is 14.8. The predicted molar refractivity (Wildman–Crippen MR) is 116 cm³/mol. The molecule has 1 unspecified atom stereocenters. The number of nitrogens with one attached hydrogen (secondary N) is 2. The molecule has 0 saturated heterocycles. The fraction of sp³-hybridized carbons (Fsp3) is 0.409. The Bertz CT molecular complexity index is 983. The Balaban J connectivity index is 1.62. The molecule has 2 N–H and O–H groups in total. The molecular weight excluding hydrogens is 386 g/mol. The van der Waals surface area contributed by atoms with Crippen molar-refractivity contribution < 1.29 is 13.2 Å². The summed E-state index contributed by atoms with van der Waals surface area (Å²) in [5.74, 6) is -0.202. The van der Waals surface area contributed by atoms with Crippen molar-refractivity contribution >= 4 is 21.6 Å². The summed E-state index contributed by atoms with van der Waals surface area (Å²) in [6, 6.07) is 12.3. The lowest BCUT2D eigenvalue weighted by Crippen LogP contribution is -2.41. The maximum atomic E-state index is 12.6. The summed E-state index contributed by atoms with van der Waals surface area (Å²) >= 11 is 0. The molecule has 1 aliphatic carbocycles. The van der Waals surface area contributed by atoms with Crippen LogP contribution in [0.5, 0.6) is 0 Å². The second kappa shape index (κ2) is 8.55. The zero-order valence-electron chi connectivity index (χ0n) is 17.4. The minimum absolute atomic E-state index is 0.120. The summed E-state index contributed by atoms with van der Waals surface area (Å²) in [5, 5.41) is 2.93. The third-order valence-electron chi connectivity index (χ3n) is 5.56. The van der Waals surface area contributed by atoms with Gasteiger partial charge in [-0.05, 0) is 88.2 Å². The van der Waals surface area contributed by atoms with E-state index in [2.05, 4.69) is 28.9 Å². The van der Waals surface area contributed by atoms with Gasteiger partial charge in [-0.25, -0.2) is 8.42 Å². The lowest BCUT2D eigenvalue weighted by atomic mass is 10.1. The molecule has 7 heteroatoms. The molecule has 2 aromatic rings. The molecule has 1 saturated carbocycles. The van der Waals surface area contributed by atoms with Gasteiger partial charge in [-0.2, -0.15) is 0 Å². The van der Waals surface area contributed by atoms with Crippen LogP contribution in [0, 0.1) is 13.8 Å². The summed E-state index contributed by atoms with van der Waals surface area (Å²) in [6.07, 6.45) is 2.45. The van der Waals surface area contributed by atoms with E-state index in [1.54, 1.807) is 24.3 Å². The van der Waals surface area contributed by atoms with Crippen molar-refractivity contribution in [3.63, 3.8) is 0 Å². The summed E-state index contributed by atoms with van der Waals surface area (Å²) in [7, 11) is -1.63. The highest BCUT2D eigenvalue weighted by Gasteiger charge is 2.29. The van der Waals surface area contributed by atoms with Gasteiger partial charge in [-0.1, -0.05) is 6.07 Å². The number of nitrogens with zero attached hydrogens (tertiary/aromatic N) is 1. The van der Waals surface area contributed by atoms with Gasteiger partial charge in [0, 0.05) is 29.9 Å². The molecule has 1 amide bonds. The number of amides is 1. The highest BCUT2D eigenvalue weighted by atomic mass is 32.2. The first kappa shape index (κ1) is 21.3. The number of benzene rings is 2. The maximum absolute atomic E-state index is 12.6. The van der Waals surface area contributed by atoms with Crippen LogP contribution in [0.3, 0.4) is 0 Å². The maximum Gasteiger partial charge on any atom is 0.261 e. The zero-order valence-corrected chi connectivity index (χ0v) is 18.2. The van der Waals surface area contributed by atoms with Crippen molar-refractivity contribution in [1.82, 2.24) is 10.2 Å². The molecule has 0 heterocycles. The second-order valence-electron chi connectivity index (χ2n) is 7.88. The van der Waals surface area contributed by atoms with E-state index in [4.69, 9.17) is 0 Å². The number of carbonyl (C=O) groups excluding carboxylic acids is 1. The number of likely N-dealkylation sites (N-methyl/N-ethyl adjacent to an activating group) is 1. The second-order valence-corrected chi connectivity index (χ2v) is 9.57. The van der Waals surface area contributed by atoms with Gasteiger partial charge in [0.2, 0.25) is 0 Å². The van der Waals surface area contributed by atoms with Gasteiger partial charge in [-0.15, -0.1) is 0 Å². The van der Waals surface area contributed by atoms with Crippen LogP contribution in [0.4, 0.5) is 5.69 Å². The minimum Gasteiger partial charge on any atom is -0.350 e. The van der Waals surface area contributed by atoms with Crippen molar-refractivity contribution in [3.8, 4) is 0 Å². The number of anilines is 1. The van der Waals surface area contributed by atoms with Crippen LogP contribution in [-0.4, -0.2) is 44.9 Å². The summed E-state index contributed by atoms with van der Waals surface area (Å²) in [5.41, 5.74) is 3.07. The van der Waals surface area contributed by atoms with Crippen molar-refractivity contribution in [1.29, 1.82) is 0 Å². The summed E-state index contributed by atoms with van der Waals surface area (Å²) in [6.45, 7) is 6.55. The van der Waals surface area contributed by atoms with Crippen molar-refractivity contribution in [2.75, 3.05) is 18.3 Å². The van der Waals surface area contributed by atoms with Crippen LogP contribution >= 0.6 is 0 Å². The van der Waals surface area contributed by atoms with E-state index in [1.807, 2.05) is 19.9 Å². The minimum atomic E-state index is -3.71. The SMILES string of the molecule is Cc1ccc(NS(=O)(=O)c2ccc(C(=O)NCC(C)N(C)C3CC3)cc2)cc1C. The van der Waals surface area contributed by atoms with E-state index >= 15 is 0 Å². The average Bonchev–Trinajstić information content (AvgIpc) is 3.53. The molecule has 3 rings (SSSR count). The van der Waals surface area contributed by atoms with Crippen LogP contribution in [0.2, 0.25) is 0 Å². The number of rotatable bonds is 8. The molecule has 1 fully saturated rings. The molecule has 0 spiro atoms. The molecule has 29 heavy (non-hydrogen) atoms. The molecule has 0 radical (unpaired) electrons. The number of hydrogen-bond donors (Lipinski definition) is 2. The Morgan fingerprint density at radius 3 is 2.34 bits per heavy atom. The topological polar surface area (TPSA) is 78.5 Å². The van der Waals surface area contributed by atoms with Gasteiger partial charge >= 0.3 is 0 Å². The molecule has 1 aliphatic rings. The number of aryl methyl sites for hydroxylation is 2. The Labute approximate surface area is 173 Å². The Hall–Kier alpha value is -2.38. The van der Waals surface area contributed by atoms with Crippen LogP contribution in [-0.2, 0) is 10.0 Å². The molecule has 0 aromatic heterocycles. The van der Waals surface area contributed by atoms with Gasteiger partial charge in [0.05, 0.1) is 4.90 Å². The predicted octanol–water partition coefficient (Wildman–Crippen LogP) is 3.32. The standard InChI is InChI=1S/C22H29N3O3S/c1-15-5-8-19(13-16(15)2)24-29(27,28)21-11-6-18(7-12-21)22(26)23-14-17(3)25(4)20-9-10-20/h5-8,11-13,17,20,24H,9-10,14H2,1-4H3,(H,23,26). The Morgan fingerprint density at radius 2 is 1.76 bits per heavy atom. The largest absolute Gasteiger partial charge is 0.350 e. The smallest absolute Gasteiger partial charge is 0.261 e. The highest BCUT2D eigenvalue weighted by molar-refractivity contribution is 7.92. The highest BCUT2D eigenvalue weighted by Crippen LogP contribution is 2.26. The quantitative estimate of drug-likeness (QED) is 0.693. The molecule has 6 nitrogen and oxygen atoms in total. The molecule has 156 valence electrons. The van der Waals surface area contributed by atoms with Gasteiger partial charge in [0.25, 0.3) is 15.9 Å². The number of carbonyl (C=O) groups is 1. The molecular formula is C22H29N3O3S. The van der Waals surface area contributed by atoms with Gasteiger partial charge in [-0.3, -0.25) is 14.4 Å². The van der Waals surface area contributed by atoms with Gasteiger partial charge in [0.1, 0.15) is 0 Å². The number of hydrogen-bond acceptors (Lipinski definition) is 4. The molecule has 0 aliphatic heterocycles. The van der Waals surface area contributed by atoms with E-state index < -0.39 is 10.0 Å². The van der Waals surface area contributed by atoms with E-state index in [0.717, 1.165) is 11.1 Å². The third-order valence-corrected chi connectivity index (χ3v) is 6.96. The van der Waals surface area contributed by atoms with E-state index in [0.29, 0.717) is 23.8 Å².